The van der Waals surface area contributed by atoms with E-state index in [2.05, 4.69) is 10.3 Å². The third-order valence-electron chi connectivity index (χ3n) is 3.86. The molecule has 1 aromatic carbocycles. The third kappa shape index (κ3) is 5.29. The van der Waals surface area contributed by atoms with Crippen LogP contribution in [0.2, 0.25) is 10.0 Å². The van der Waals surface area contributed by atoms with Crippen molar-refractivity contribution in [1.29, 1.82) is 0 Å². The molecule has 0 aliphatic carbocycles. The van der Waals surface area contributed by atoms with Gasteiger partial charge in [0.2, 0.25) is 5.91 Å². The van der Waals surface area contributed by atoms with Gasteiger partial charge in [-0.15, -0.1) is 0 Å². The number of aliphatic imine (C=N–C) groups is 1. The summed E-state index contributed by atoms with van der Waals surface area (Å²) in [7, 11) is 0. The minimum Gasteiger partial charge on any atom is -0.370 e. The van der Waals surface area contributed by atoms with Crippen LogP contribution in [0, 0.1) is 0 Å². The predicted molar refractivity (Wildman–Crippen MR) is 94.9 cm³/mol. The van der Waals surface area contributed by atoms with Crippen molar-refractivity contribution in [3.05, 3.63) is 33.8 Å². The molecule has 1 aliphatic heterocycles. The number of nitrogens with two attached hydrogens (primary N) is 1. The van der Waals surface area contributed by atoms with E-state index in [1.165, 1.54) is 0 Å². The Kier molecular flexibility index (Phi) is 6.54. The summed E-state index contributed by atoms with van der Waals surface area (Å²) in [5.41, 5.74) is 6.77. The Morgan fingerprint density at radius 3 is 2.74 bits per heavy atom. The van der Waals surface area contributed by atoms with Crippen molar-refractivity contribution < 1.29 is 4.79 Å². The van der Waals surface area contributed by atoms with E-state index in [1.54, 1.807) is 12.1 Å². The van der Waals surface area contributed by atoms with Crippen LogP contribution in [0.3, 0.4) is 0 Å². The molecule has 0 bridgehead atoms. The topological polar surface area (TPSA) is 70.7 Å². The molecule has 23 heavy (non-hydrogen) atoms. The lowest BCUT2D eigenvalue weighted by Gasteiger charge is -2.17. The van der Waals surface area contributed by atoms with E-state index in [9.17, 15) is 4.79 Å². The summed E-state index contributed by atoms with van der Waals surface area (Å²) >= 11 is 12.1. The maximum Gasteiger partial charge on any atom is 0.224 e. The first-order chi connectivity index (χ1) is 11.0. The fraction of sp³-hybridized carbons (Fsp3) is 0.500. The summed E-state index contributed by atoms with van der Waals surface area (Å²) in [5.74, 6) is 0.450. The molecule has 0 aromatic heterocycles. The van der Waals surface area contributed by atoms with Crippen molar-refractivity contribution in [3.8, 4) is 0 Å². The highest BCUT2D eigenvalue weighted by atomic mass is 35.5. The molecule has 0 spiro atoms. The van der Waals surface area contributed by atoms with Crippen LogP contribution in [0.1, 0.15) is 37.8 Å². The summed E-state index contributed by atoms with van der Waals surface area (Å²) in [6.07, 6.45) is 2.58. The Morgan fingerprint density at radius 2 is 2.09 bits per heavy atom. The lowest BCUT2D eigenvalue weighted by atomic mass is 10.1. The average molecular weight is 357 g/mol. The molecule has 1 aromatic rings. The molecule has 5 nitrogen and oxygen atoms in total. The SMILES string of the molecule is CC(NC(N)=NCCC(=O)N1CCCC1)c1ccc(Cl)cc1Cl. The highest BCUT2D eigenvalue weighted by Crippen LogP contribution is 2.25. The number of nitrogens with zero attached hydrogens (tertiary/aromatic N) is 2. The minimum absolute atomic E-state index is 0.0993. The zero-order valence-corrected chi connectivity index (χ0v) is 14.7. The van der Waals surface area contributed by atoms with E-state index < -0.39 is 0 Å². The van der Waals surface area contributed by atoms with Crippen LogP contribution in [0.25, 0.3) is 0 Å². The number of hydrogen-bond donors (Lipinski definition) is 2. The Hall–Kier alpha value is -1.46. The molecule has 1 aliphatic rings. The molecule has 7 heteroatoms. The first kappa shape index (κ1) is 17.9. The smallest absolute Gasteiger partial charge is 0.224 e. The second-order valence-corrected chi connectivity index (χ2v) is 6.48. The molecule has 0 radical (unpaired) electrons. The molecule has 126 valence electrons. The molecular formula is C16H22Cl2N4O. The van der Waals surface area contributed by atoms with Gasteiger partial charge in [0.1, 0.15) is 0 Å². The van der Waals surface area contributed by atoms with Gasteiger partial charge >= 0.3 is 0 Å². The van der Waals surface area contributed by atoms with Crippen molar-refractivity contribution >= 4 is 35.1 Å². The monoisotopic (exact) mass is 356 g/mol. The van der Waals surface area contributed by atoms with Gasteiger partial charge in [-0.25, -0.2) is 0 Å². The summed E-state index contributed by atoms with van der Waals surface area (Å²) in [6.45, 7) is 4.05. The maximum absolute atomic E-state index is 11.9. The highest BCUT2D eigenvalue weighted by molar-refractivity contribution is 6.35. The highest BCUT2D eigenvalue weighted by Gasteiger charge is 2.17. The first-order valence-corrected chi connectivity index (χ1v) is 8.52. The average Bonchev–Trinajstić information content (AvgIpc) is 3.01. The second-order valence-electron chi connectivity index (χ2n) is 5.64. The molecular weight excluding hydrogens is 335 g/mol. The van der Waals surface area contributed by atoms with E-state index in [1.807, 2.05) is 17.9 Å². The van der Waals surface area contributed by atoms with Gasteiger partial charge in [0.15, 0.2) is 5.96 Å². The Bertz CT molecular complexity index is 585. The van der Waals surface area contributed by atoms with Crippen molar-refractivity contribution in [3.63, 3.8) is 0 Å². The maximum atomic E-state index is 11.9. The Labute approximate surface area is 146 Å². The zero-order chi connectivity index (χ0) is 16.8. The van der Waals surface area contributed by atoms with Gasteiger partial charge in [-0.05, 0) is 37.5 Å². The standard InChI is InChI=1S/C16H22Cl2N4O/c1-11(13-5-4-12(17)10-14(13)18)21-16(19)20-7-6-15(23)22-8-2-3-9-22/h4-5,10-11H,2-3,6-9H2,1H3,(H3,19,20,21). The molecule has 2 rings (SSSR count). The van der Waals surface area contributed by atoms with Crippen LogP contribution in [0.4, 0.5) is 0 Å². The zero-order valence-electron chi connectivity index (χ0n) is 13.2. The Balaban J connectivity index is 1.82. The van der Waals surface area contributed by atoms with Crippen LogP contribution in [0.15, 0.2) is 23.2 Å². The summed E-state index contributed by atoms with van der Waals surface area (Å²) in [4.78, 5) is 18.0. The predicted octanol–water partition coefficient (Wildman–Crippen LogP) is 2.97. The van der Waals surface area contributed by atoms with Crippen LogP contribution in [0.5, 0.6) is 0 Å². The van der Waals surface area contributed by atoms with Crippen LogP contribution in [-0.2, 0) is 4.79 Å². The number of rotatable bonds is 5. The quantitative estimate of drug-likeness (QED) is 0.629. The van der Waals surface area contributed by atoms with E-state index >= 15 is 0 Å². The van der Waals surface area contributed by atoms with Gasteiger partial charge in [-0.3, -0.25) is 9.79 Å². The van der Waals surface area contributed by atoms with E-state index in [4.69, 9.17) is 28.9 Å². The second kappa shape index (κ2) is 8.41. The molecule has 3 N–H and O–H groups in total. The van der Waals surface area contributed by atoms with Crippen LogP contribution < -0.4 is 11.1 Å². The van der Waals surface area contributed by atoms with Crippen molar-refractivity contribution in [2.75, 3.05) is 19.6 Å². The lowest BCUT2D eigenvalue weighted by Crippen LogP contribution is -2.34. The van der Waals surface area contributed by atoms with Crippen LogP contribution >= 0.6 is 23.2 Å². The third-order valence-corrected chi connectivity index (χ3v) is 4.42. The lowest BCUT2D eigenvalue weighted by molar-refractivity contribution is -0.129. The molecule has 1 fully saturated rings. The largest absolute Gasteiger partial charge is 0.370 e. The van der Waals surface area contributed by atoms with Gasteiger partial charge in [0, 0.05) is 29.6 Å². The van der Waals surface area contributed by atoms with Crippen molar-refractivity contribution in [1.82, 2.24) is 10.2 Å². The fourth-order valence-electron chi connectivity index (χ4n) is 2.59. The number of guanidine groups is 1. The number of benzene rings is 1. The number of halogens is 2. The van der Waals surface area contributed by atoms with E-state index in [0.717, 1.165) is 31.5 Å². The number of likely N-dealkylation sites (tertiary alicyclic amines) is 1. The molecule has 0 saturated carbocycles. The van der Waals surface area contributed by atoms with Gasteiger partial charge in [0.25, 0.3) is 0 Å². The number of amides is 1. The summed E-state index contributed by atoms with van der Waals surface area (Å²) in [5, 5.41) is 4.24. The van der Waals surface area contributed by atoms with Gasteiger partial charge in [0.05, 0.1) is 12.6 Å². The first-order valence-electron chi connectivity index (χ1n) is 7.76. The number of hydrogen-bond acceptors (Lipinski definition) is 2. The number of nitrogens with one attached hydrogen (secondary N) is 1. The van der Waals surface area contributed by atoms with Crippen LogP contribution in [-0.4, -0.2) is 36.4 Å². The fourth-order valence-corrected chi connectivity index (χ4v) is 3.17. The van der Waals surface area contributed by atoms with Gasteiger partial charge < -0.3 is 16.0 Å². The molecule has 1 amide bonds. The van der Waals surface area contributed by atoms with Crippen molar-refractivity contribution in [2.24, 2.45) is 10.7 Å². The minimum atomic E-state index is -0.0993. The Morgan fingerprint density at radius 1 is 1.39 bits per heavy atom. The summed E-state index contributed by atoms with van der Waals surface area (Å²) in [6, 6.07) is 5.23. The van der Waals surface area contributed by atoms with Crippen molar-refractivity contribution in [2.45, 2.75) is 32.2 Å². The normalized spacial score (nSPS) is 16.5. The molecule has 1 unspecified atom stereocenters. The number of carbonyl (C=O) groups is 1. The van der Waals surface area contributed by atoms with E-state index in [0.29, 0.717) is 29.0 Å². The molecule has 1 saturated heterocycles. The van der Waals surface area contributed by atoms with Gasteiger partial charge in [-0.1, -0.05) is 29.3 Å². The van der Waals surface area contributed by atoms with Gasteiger partial charge in [-0.2, -0.15) is 0 Å². The van der Waals surface area contributed by atoms with E-state index in [-0.39, 0.29) is 11.9 Å². The molecule has 1 heterocycles. The number of carbonyl (C=O) groups excluding carboxylic acids is 1. The molecule has 1 atom stereocenters. The summed E-state index contributed by atoms with van der Waals surface area (Å²) < 4.78 is 0.